The number of benzene rings is 2. The van der Waals surface area contributed by atoms with Crippen molar-refractivity contribution in [2.24, 2.45) is 0 Å². The lowest BCUT2D eigenvalue weighted by molar-refractivity contribution is 0.216. The fourth-order valence-electron chi connectivity index (χ4n) is 3.80. The van der Waals surface area contributed by atoms with Crippen molar-refractivity contribution >= 4 is 16.7 Å². The van der Waals surface area contributed by atoms with Gasteiger partial charge < -0.3 is 14.9 Å². The van der Waals surface area contributed by atoms with E-state index in [2.05, 4.69) is 64.3 Å². The van der Waals surface area contributed by atoms with Gasteiger partial charge >= 0.3 is 0 Å². The summed E-state index contributed by atoms with van der Waals surface area (Å²) in [5, 5.41) is 11.5. The molecular formula is C22H26N4O. The normalized spacial score (nSPS) is 17.1. The number of likely N-dealkylation sites (N-methyl/N-ethyl adjacent to an activating group) is 1. The van der Waals surface area contributed by atoms with Crippen LogP contribution < -0.4 is 4.90 Å². The molecule has 3 aromatic rings. The first-order chi connectivity index (χ1) is 13.2. The molecule has 140 valence electrons. The number of aromatic nitrogens is 2. The molecule has 5 heteroatoms. The van der Waals surface area contributed by atoms with Crippen molar-refractivity contribution in [3.63, 3.8) is 0 Å². The van der Waals surface area contributed by atoms with E-state index in [0.717, 1.165) is 49.7 Å². The van der Waals surface area contributed by atoms with Crippen LogP contribution in [0.2, 0.25) is 0 Å². The molecule has 1 aromatic heterocycles. The highest BCUT2D eigenvalue weighted by atomic mass is 16.3. The minimum absolute atomic E-state index is 0.248. The maximum Gasteiger partial charge on any atom is 0.225 e. The van der Waals surface area contributed by atoms with E-state index in [4.69, 9.17) is 10.1 Å². The highest BCUT2D eigenvalue weighted by molar-refractivity contribution is 5.86. The van der Waals surface area contributed by atoms with Gasteiger partial charge in [0.25, 0.3) is 0 Å². The molecule has 1 atom stereocenters. The first-order valence-corrected chi connectivity index (χ1v) is 9.63. The van der Waals surface area contributed by atoms with E-state index in [1.54, 1.807) is 0 Å². The standard InChI is InChI=1S/C22H26N4O/c1-25(12-4-14-27)20-10-13-26(16-20)22-23-11-9-21(24-22)19-8-7-17-5-2-3-6-18(17)15-19/h2-3,5-9,11,15,20,27H,4,10,12-14,16H2,1H3/t20-/m0/s1. The van der Waals surface area contributed by atoms with Gasteiger partial charge in [0, 0.05) is 44.0 Å². The number of aliphatic hydroxyl groups is 1. The van der Waals surface area contributed by atoms with Gasteiger partial charge in [-0.25, -0.2) is 9.97 Å². The third-order valence-electron chi connectivity index (χ3n) is 5.43. The summed E-state index contributed by atoms with van der Waals surface area (Å²) in [5.41, 5.74) is 2.08. The van der Waals surface area contributed by atoms with Gasteiger partial charge in [-0.3, -0.25) is 0 Å². The fraction of sp³-hybridized carbons (Fsp3) is 0.364. The molecule has 0 bridgehead atoms. The van der Waals surface area contributed by atoms with Crippen LogP contribution in [-0.2, 0) is 0 Å². The quantitative estimate of drug-likeness (QED) is 0.730. The minimum Gasteiger partial charge on any atom is -0.396 e. The maximum absolute atomic E-state index is 9.04. The first kappa shape index (κ1) is 17.9. The van der Waals surface area contributed by atoms with E-state index in [-0.39, 0.29) is 6.61 Å². The Bertz CT molecular complexity index is 913. The molecule has 4 rings (SSSR count). The van der Waals surface area contributed by atoms with Gasteiger partial charge in [0.15, 0.2) is 0 Å². The van der Waals surface area contributed by atoms with E-state index < -0.39 is 0 Å². The Kier molecular flexibility index (Phi) is 5.32. The Morgan fingerprint density at radius 1 is 1.15 bits per heavy atom. The minimum atomic E-state index is 0.248. The second-order valence-corrected chi connectivity index (χ2v) is 7.25. The SMILES string of the molecule is CN(CCCO)[C@H]1CCN(c2nccc(-c3ccc4ccccc4c3)n2)C1. The van der Waals surface area contributed by atoms with Crippen LogP contribution in [0.3, 0.4) is 0 Å². The highest BCUT2D eigenvalue weighted by Crippen LogP contribution is 2.25. The molecule has 1 aliphatic heterocycles. The van der Waals surface area contributed by atoms with Crippen LogP contribution in [0.1, 0.15) is 12.8 Å². The van der Waals surface area contributed by atoms with Crippen LogP contribution in [0.4, 0.5) is 5.95 Å². The second-order valence-electron chi connectivity index (χ2n) is 7.25. The van der Waals surface area contributed by atoms with E-state index in [1.165, 1.54) is 10.8 Å². The first-order valence-electron chi connectivity index (χ1n) is 9.63. The molecule has 0 spiro atoms. The molecule has 0 amide bonds. The van der Waals surface area contributed by atoms with Crippen LogP contribution in [0.25, 0.3) is 22.0 Å². The summed E-state index contributed by atoms with van der Waals surface area (Å²) < 4.78 is 0. The Labute approximate surface area is 160 Å². The zero-order valence-corrected chi connectivity index (χ0v) is 15.8. The zero-order valence-electron chi connectivity index (χ0n) is 15.8. The topological polar surface area (TPSA) is 52.5 Å². The summed E-state index contributed by atoms with van der Waals surface area (Å²) in [7, 11) is 2.14. The monoisotopic (exact) mass is 362 g/mol. The number of nitrogens with zero attached hydrogens (tertiary/aromatic N) is 4. The molecule has 2 heterocycles. The van der Waals surface area contributed by atoms with Gasteiger partial charge in [-0.1, -0.05) is 36.4 Å². The van der Waals surface area contributed by atoms with Gasteiger partial charge in [0.05, 0.1) is 5.69 Å². The van der Waals surface area contributed by atoms with Crippen LogP contribution in [0.15, 0.2) is 54.7 Å². The molecular weight excluding hydrogens is 336 g/mol. The highest BCUT2D eigenvalue weighted by Gasteiger charge is 2.27. The molecule has 0 radical (unpaired) electrons. The Morgan fingerprint density at radius 2 is 2.00 bits per heavy atom. The number of anilines is 1. The van der Waals surface area contributed by atoms with E-state index >= 15 is 0 Å². The fourth-order valence-corrected chi connectivity index (χ4v) is 3.80. The molecule has 1 fully saturated rings. The Hall–Kier alpha value is -2.50. The second kappa shape index (κ2) is 8.03. The van der Waals surface area contributed by atoms with E-state index in [0.29, 0.717) is 6.04 Å². The Morgan fingerprint density at radius 3 is 2.85 bits per heavy atom. The maximum atomic E-state index is 9.04. The van der Waals surface area contributed by atoms with E-state index in [9.17, 15) is 0 Å². The summed E-state index contributed by atoms with van der Waals surface area (Å²) in [6, 6.07) is 17.3. The molecule has 27 heavy (non-hydrogen) atoms. The summed E-state index contributed by atoms with van der Waals surface area (Å²) in [4.78, 5) is 14.0. The Balaban J connectivity index is 1.52. The van der Waals surface area contributed by atoms with Crippen molar-refractivity contribution in [1.29, 1.82) is 0 Å². The molecule has 0 aliphatic carbocycles. The van der Waals surface area contributed by atoms with Gasteiger partial charge in [-0.05, 0) is 42.8 Å². The zero-order chi connectivity index (χ0) is 18.6. The lowest BCUT2D eigenvalue weighted by Gasteiger charge is -2.24. The van der Waals surface area contributed by atoms with Crippen LogP contribution in [0.5, 0.6) is 0 Å². The molecule has 1 aliphatic rings. The third-order valence-corrected chi connectivity index (χ3v) is 5.43. The molecule has 1 saturated heterocycles. The number of hydrogen-bond acceptors (Lipinski definition) is 5. The summed E-state index contributed by atoms with van der Waals surface area (Å²) >= 11 is 0. The molecule has 0 unspecified atom stereocenters. The molecule has 2 aromatic carbocycles. The van der Waals surface area contributed by atoms with Crippen molar-refractivity contribution in [3.8, 4) is 11.3 Å². The smallest absolute Gasteiger partial charge is 0.225 e. The predicted octanol–water partition coefficient (Wildman–Crippen LogP) is 3.19. The number of rotatable bonds is 6. The predicted molar refractivity (Wildman–Crippen MR) is 110 cm³/mol. The van der Waals surface area contributed by atoms with Crippen molar-refractivity contribution in [2.75, 3.05) is 38.2 Å². The van der Waals surface area contributed by atoms with Gasteiger partial charge in [-0.2, -0.15) is 0 Å². The summed E-state index contributed by atoms with van der Waals surface area (Å²) in [6.45, 7) is 3.07. The third kappa shape index (κ3) is 3.94. The lowest BCUT2D eigenvalue weighted by Crippen LogP contribution is -2.35. The van der Waals surface area contributed by atoms with Crippen LogP contribution >= 0.6 is 0 Å². The largest absolute Gasteiger partial charge is 0.396 e. The van der Waals surface area contributed by atoms with Crippen molar-refractivity contribution in [3.05, 3.63) is 54.7 Å². The molecule has 1 N–H and O–H groups in total. The van der Waals surface area contributed by atoms with Crippen molar-refractivity contribution in [2.45, 2.75) is 18.9 Å². The summed E-state index contributed by atoms with van der Waals surface area (Å²) in [5.74, 6) is 0.804. The van der Waals surface area contributed by atoms with Gasteiger partial charge in [-0.15, -0.1) is 0 Å². The molecule has 5 nitrogen and oxygen atoms in total. The summed E-state index contributed by atoms with van der Waals surface area (Å²) in [6.07, 6.45) is 3.78. The van der Waals surface area contributed by atoms with Crippen LogP contribution in [0, 0.1) is 0 Å². The number of fused-ring (bicyclic) bond motifs is 1. The van der Waals surface area contributed by atoms with Gasteiger partial charge in [0.1, 0.15) is 0 Å². The molecule has 0 saturated carbocycles. The average molecular weight is 362 g/mol. The lowest BCUT2D eigenvalue weighted by atomic mass is 10.1. The number of aliphatic hydroxyl groups excluding tert-OH is 1. The van der Waals surface area contributed by atoms with Crippen LogP contribution in [-0.4, -0.2) is 59.3 Å². The average Bonchev–Trinajstić information content (AvgIpc) is 3.22. The van der Waals surface area contributed by atoms with Gasteiger partial charge in [0.2, 0.25) is 5.95 Å². The van der Waals surface area contributed by atoms with E-state index in [1.807, 2.05) is 12.3 Å². The van der Waals surface area contributed by atoms with Crippen molar-refractivity contribution < 1.29 is 5.11 Å². The van der Waals surface area contributed by atoms with Crippen molar-refractivity contribution in [1.82, 2.24) is 14.9 Å². The number of hydrogen-bond donors (Lipinski definition) is 1.